The Morgan fingerprint density at radius 1 is 1.19 bits per heavy atom. The number of H-pyrrole nitrogens is 1. The lowest BCUT2D eigenvalue weighted by Gasteiger charge is -2.32. The Kier molecular flexibility index (Phi) is 5.65. The van der Waals surface area contributed by atoms with Crippen LogP contribution in [0.25, 0.3) is 17.3 Å². The van der Waals surface area contributed by atoms with Crippen molar-refractivity contribution in [2.75, 3.05) is 5.75 Å². The summed E-state index contributed by atoms with van der Waals surface area (Å²) in [4.78, 5) is 11.5. The molecule has 0 unspecified atom stereocenters. The number of aromatic amines is 1. The predicted octanol–water partition coefficient (Wildman–Crippen LogP) is 4.37. The zero-order valence-corrected chi connectivity index (χ0v) is 17.2. The van der Waals surface area contributed by atoms with E-state index in [1.54, 1.807) is 13.1 Å². The number of nitrogens with zero attached hydrogens (tertiary/aromatic N) is 1. The predicted molar refractivity (Wildman–Crippen MR) is 111 cm³/mol. The molecule has 0 radical (unpaired) electrons. The lowest BCUT2D eigenvalue weighted by Crippen LogP contribution is -2.41. The minimum Gasteiger partial charge on any atom is -0.400 e. The maximum atomic E-state index is 11.5. The van der Waals surface area contributed by atoms with E-state index in [2.05, 4.69) is 10.2 Å². The average Bonchev–Trinajstić information content (AvgIpc) is 3.14. The van der Waals surface area contributed by atoms with Crippen molar-refractivity contribution in [2.24, 2.45) is 0 Å². The summed E-state index contributed by atoms with van der Waals surface area (Å²) in [5.41, 5.74) is 2.96. The van der Waals surface area contributed by atoms with Crippen molar-refractivity contribution in [3.05, 3.63) is 47.6 Å². The van der Waals surface area contributed by atoms with Gasteiger partial charge >= 0.3 is 7.12 Å². The molecule has 5 nitrogen and oxygen atoms in total. The Morgan fingerprint density at radius 2 is 1.81 bits per heavy atom. The fraction of sp³-hybridized carbons (Fsp3) is 0.400. The van der Waals surface area contributed by atoms with Crippen LogP contribution in [0.2, 0.25) is 0 Å². The molecule has 1 N–H and O–H groups in total. The van der Waals surface area contributed by atoms with Crippen LogP contribution in [0.1, 0.15) is 40.2 Å². The molecule has 2 heterocycles. The molecular formula is C20H25BN2O3S. The van der Waals surface area contributed by atoms with Gasteiger partial charge in [-0.05, 0) is 33.2 Å². The van der Waals surface area contributed by atoms with Crippen LogP contribution in [0.5, 0.6) is 0 Å². The smallest absolute Gasteiger partial charge is 0.400 e. The monoisotopic (exact) mass is 384 g/mol. The van der Waals surface area contributed by atoms with Gasteiger partial charge in [0.2, 0.25) is 0 Å². The average molecular weight is 384 g/mol. The number of thioether (sulfide) groups is 1. The van der Waals surface area contributed by atoms with E-state index in [4.69, 9.17) is 9.31 Å². The van der Waals surface area contributed by atoms with Gasteiger partial charge in [-0.25, -0.2) is 0 Å². The topological polar surface area (TPSA) is 64.2 Å². The number of carbonyl (C=O) groups is 1. The zero-order chi connectivity index (χ0) is 19.7. The van der Waals surface area contributed by atoms with Crippen LogP contribution in [0.15, 0.2) is 42.0 Å². The number of rotatable bonds is 5. The van der Waals surface area contributed by atoms with Gasteiger partial charge in [-0.2, -0.15) is 5.10 Å². The maximum absolute atomic E-state index is 11.5. The van der Waals surface area contributed by atoms with Crippen LogP contribution in [-0.2, 0) is 14.1 Å². The van der Waals surface area contributed by atoms with E-state index in [9.17, 15) is 4.79 Å². The fourth-order valence-corrected chi connectivity index (χ4v) is 3.39. The van der Waals surface area contributed by atoms with Gasteiger partial charge in [0.15, 0.2) is 5.12 Å². The second-order valence-electron chi connectivity index (χ2n) is 7.65. The van der Waals surface area contributed by atoms with Gasteiger partial charge in [0, 0.05) is 23.8 Å². The van der Waals surface area contributed by atoms with Crippen LogP contribution in [0.3, 0.4) is 0 Å². The Hall–Kier alpha value is -1.83. The van der Waals surface area contributed by atoms with Gasteiger partial charge in [0.1, 0.15) is 0 Å². The van der Waals surface area contributed by atoms with E-state index < -0.39 is 18.3 Å². The van der Waals surface area contributed by atoms with Gasteiger partial charge in [0.25, 0.3) is 0 Å². The summed E-state index contributed by atoms with van der Waals surface area (Å²) in [5, 5.41) is 7.33. The molecule has 3 rings (SSSR count). The standard InChI is InChI=1S/C20H25BN2O3S/c1-14(24)27-13-17(21-25-19(2,3)20(4,5)26-21)11-16-12-22-23-18(16)15-9-7-6-8-10-15/h6-12H,13H2,1-5H3,(H,22,23). The molecule has 1 aliphatic rings. The summed E-state index contributed by atoms with van der Waals surface area (Å²) in [5.74, 6) is 0.506. The number of hydrogen-bond acceptors (Lipinski definition) is 5. The van der Waals surface area contributed by atoms with Crippen LogP contribution < -0.4 is 0 Å². The highest BCUT2D eigenvalue weighted by Gasteiger charge is 2.52. The van der Waals surface area contributed by atoms with Crippen molar-refractivity contribution >= 4 is 30.1 Å². The molecule has 1 aliphatic heterocycles. The third kappa shape index (κ3) is 4.37. The first-order chi connectivity index (χ1) is 12.7. The van der Waals surface area contributed by atoms with Crippen LogP contribution in [0.4, 0.5) is 0 Å². The second kappa shape index (κ2) is 7.66. The highest BCUT2D eigenvalue weighted by molar-refractivity contribution is 8.13. The molecule has 0 amide bonds. The SMILES string of the molecule is CC(=O)SCC(=Cc1cn[nH]c1-c1ccccc1)B1OC(C)(C)C(C)(C)O1. The molecule has 0 bridgehead atoms. The van der Waals surface area contributed by atoms with E-state index >= 15 is 0 Å². The highest BCUT2D eigenvalue weighted by atomic mass is 32.2. The lowest BCUT2D eigenvalue weighted by molar-refractivity contribution is -0.109. The summed E-state index contributed by atoms with van der Waals surface area (Å²) >= 11 is 1.25. The first-order valence-corrected chi connectivity index (χ1v) is 9.96. The van der Waals surface area contributed by atoms with E-state index in [0.717, 1.165) is 22.3 Å². The summed E-state index contributed by atoms with van der Waals surface area (Å²) in [6.07, 6.45) is 3.80. The summed E-state index contributed by atoms with van der Waals surface area (Å²) in [6, 6.07) is 10.0. The lowest BCUT2D eigenvalue weighted by atomic mass is 9.78. The molecule has 1 saturated heterocycles. The molecule has 0 aliphatic carbocycles. The molecule has 2 aromatic rings. The fourth-order valence-electron chi connectivity index (χ4n) is 2.80. The van der Waals surface area contributed by atoms with E-state index in [-0.39, 0.29) is 5.12 Å². The molecule has 1 fully saturated rings. The maximum Gasteiger partial charge on any atom is 0.491 e. The van der Waals surface area contributed by atoms with Crippen LogP contribution in [-0.4, -0.2) is 39.4 Å². The Morgan fingerprint density at radius 3 is 2.41 bits per heavy atom. The molecule has 142 valence electrons. The van der Waals surface area contributed by atoms with Gasteiger partial charge in [-0.15, -0.1) is 0 Å². The number of aromatic nitrogens is 2. The number of hydrogen-bond donors (Lipinski definition) is 1. The number of carbonyl (C=O) groups excluding carboxylic acids is 1. The molecule has 7 heteroatoms. The Bertz CT molecular complexity index is 830. The van der Waals surface area contributed by atoms with E-state index in [0.29, 0.717) is 5.75 Å². The minimum absolute atomic E-state index is 0.0629. The Balaban J connectivity index is 1.95. The van der Waals surface area contributed by atoms with Crippen molar-refractivity contribution in [3.63, 3.8) is 0 Å². The third-order valence-corrected chi connectivity index (χ3v) is 5.95. The number of nitrogens with one attached hydrogen (secondary N) is 1. The zero-order valence-electron chi connectivity index (χ0n) is 16.4. The van der Waals surface area contributed by atoms with E-state index in [1.165, 1.54) is 11.8 Å². The largest absolute Gasteiger partial charge is 0.491 e. The van der Waals surface area contributed by atoms with Gasteiger partial charge < -0.3 is 9.31 Å². The Labute approximate surface area is 165 Å². The highest BCUT2D eigenvalue weighted by Crippen LogP contribution is 2.39. The molecule has 0 atom stereocenters. The molecule has 0 saturated carbocycles. The van der Waals surface area contributed by atoms with Crippen molar-refractivity contribution in [3.8, 4) is 11.3 Å². The van der Waals surface area contributed by atoms with Gasteiger partial charge in [-0.3, -0.25) is 9.89 Å². The minimum atomic E-state index is -0.500. The first-order valence-electron chi connectivity index (χ1n) is 8.98. The third-order valence-electron chi connectivity index (χ3n) is 5.07. The molecule has 1 aromatic heterocycles. The molecule has 27 heavy (non-hydrogen) atoms. The molecular weight excluding hydrogens is 359 g/mol. The van der Waals surface area contributed by atoms with Gasteiger partial charge in [-0.1, -0.05) is 48.2 Å². The van der Waals surface area contributed by atoms with Crippen molar-refractivity contribution in [2.45, 2.75) is 45.8 Å². The first kappa shape index (κ1) is 19.9. The van der Waals surface area contributed by atoms with Crippen molar-refractivity contribution in [1.82, 2.24) is 10.2 Å². The molecule has 1 aromatic carbocycles. The summed E-state index contributed by atoms with van der Waals surface area (Å²) in [7, 11) is -0.500. The second-order valence-corrected chi connectivity index (χ2v) is 8.81. The van der Waals surface area contributed by atoms with Crippen molar-refractivity contribution in [1.29, 1.82) is 0 Å². The summed E-state index contributed by atoms with van der Waals surface area (Å²) in [6.45, 7) is 9.66. The van der Waals surface area contributed by atoms with Crippen LogP contribution in [0, 0.1) is 0 Å². The summed E-state index contributed by atoms with van der Waals surface area (Å²) < 4.78 is 12.4. The van der Waals surface area contributed by atoms with Gasteiger partial charge in [0.05, 0.1) is 23.1 Å². The van der Waals surface area contributed by atoms with Crippen molar-refractivity contribution < 1.29 is 14.1 Å². The molecule has 0 spiro atoms. The van der Waals surface area contributed by atoms with Crippen LogP contribution >= 0.6 is 11.8 Å². The normalized spacial score (nSPS) is 18.7. The number of benzene rings is 1. The van der Waals surface area contributed by atoms with E-state index in [1.807, 2.05) is 64.1 Å². The quantitative estimate of drug-likeness (QED) is 0.776.